The minimum Gasteiger partial charge on any atom is -0.374 e. The molecule has 1 heterocycles. The van der Waals surface area contributed by atoms with Gasteiger partial charge in [-0.15, -0.1) is 0 Å². The average molecular weight is 326 g/mol. The van der Waals surface area contributed by atoms with Crippen molar-refractivity contribution in [3.63, 3.8) is 0 Å². The number of halogens is 1. The van der Waals surface area contributed by atoms with Crippen LogP contribution in [-0.4, -0.2) is 32.6 Å². The Kier molecular flexibility index (Phi) is 4.82. The first-order valence-corrected chi connectivity index (χ1v) is 7.39. The summed E-state index contributed by atoms with van der Waals surface area (Å²) in [5, 5.41) is 3.41. The summed E-state index contributed by atoms with van der Waals surface area (Å²) < 4.78 is 0.756. The van der Waals surface area contributed by atoms with Gasteiger partial charge in [0.25, 0.3) is 5.91 Å². The Morgan fingerprint density at radius 3 is 3.00 bits per heavy atom. The molecule has 0 bridgehead atoms. The molecule has 1 aromatic rings. The number of piperidine rings is 1. The van der Waals surface area contributed by atoms with Gasteiger partial charge in [-0.25, -0.2) is 0 Å². The van der Waals surface area contributed by atoms with Gasteiger partial charge in [0.1, 0.15) is 0 Å². The minimum atomic E-state index is -0.393. The topological polar surface area (TPSA) is 58.4 Å². The van der Waals surface area contributed by atoms with E-state index in [1.54, 1.807) is 0 Å². The number of primary amides is 1. The second kappa shape index (κ2) is 6.39. The molecule has 0 saturated carbocycles. The Labute approximate surface area is 122 Å². The largest absolute Gasteiger partial charge is 0.374 e. The van der Waals surface area contributed by atoms with Gasteiger partial charge in [0, 0.05) is 18.1 Å². The Balaban J connectivity index is 2.16. The second-order valence-electron chi connectivity index (χ2n) is 5.09. The molecule has 19 heavy (non-hydrogen) atoms. The molecule has 4 nitrogen and oxygen atoms in total. The van der Waals surface area contributed by atoms with Crippen LogP contribution in [0.5, 0.6) is 0 Å². The van der Waals surface area contributed by atoms with Gasteiger partial charge in [0.2, 0.25) is 0 Å². The fourth-order valence-corrected chi connectivity index (χ4v) is 3.19. The monoisotopic (exact) mass is 325 g/mol. The number of hydrogen-bond donors (Lipinski definition) is 2. The van der Waals surface area contributed by atoms with E-state index in [2.05, 4.69) is 26.1 Å². The number of rotatable bonds is 4. The summed E-state index contributed by atoms with van der Waals surface area (Å²) in [7, 11) is 2.02. The third kappa shape index (κ3) is 3.48. The van der Waals surface area contributed by atoms with E-state index in [-0.39, 0.29) is 0 Å². The number of nitrogens with two attached hydrogens (primary N) is 1. The molecule has 0 aliphatic carbocycles. The SMILES string of the molecule is CN(CC1CCCNC1)c1cccc(Br)c1C(N)=O. The molecule has 1 aromatic carbocycles. The molecule has 1 aliphatic rings. The summed E-state index contributed by atoms with van der Waals surface area (Å²) >= 11 is 3.40. The van der Waals surface area contributed by atoms with Crippen molar-refractivity contribution in [1.29, 1.82) is 0 Å². The molecule has 1 aliphatic heterocycles. The molecule has 1 amide bonds. The summed E-state index contributed by atoms with van der Waals surface area (Å²) in [5.74, 6) is 0.231. The molecule has 3 N–H and O–H groups in total. The van der Waals surface area contributed by atoms with Gasteiger partial charge in [-0.3, -0.25) is 4.79 Å². The quantitative estimate of drug-likeness (QED) is 0.890. The van der Waals surface area contributed by atoms with Crippen molar-refractivity contribution in [2.75, 3.05) is 31.6 Å². The highest BCUT2D eigenvalue weighted by atomic mass is 79.9. The standard InChI is InChI=1S/C14H20BrN3O/c1-18(9-10-4-3-7-17-8-10)12-6-2-5-11(15)13(12)14(16)19/h2,5-6,10,17H,3-4,7-9H2,1H3,(H2,16,19). The van der Waals surface area contributed by atoms with Crippen molar-refractivity contribution >= 4 is 27.5 Å². The zero-order chi connectivity index (χ0) is 13.8. The molecule has 1 fully saturated rings. The number of hydrogen-bond acceptors (Lipinski definition) is 3. The average Bonchev–Trinajstić information content (AvgIpc) is 2.39. The molecular formula is C14H20BrN3O. The summed E-state index contributed by atoms with van der Waals surface area (Å²) in [4.78, 5) is 13.7. The van der Waals surface area contributed by atoms with E-state index in [9.17, 15) is 4.79 Å². The van der Waals surface area contributed by atoms with Crippen LogP contribution in [0.2, 0.25) is 0 Å². The van der Waals surface area contributed by atoms with Crippen LogP contribution in [0.3, 0.4) is 0 Å². The lowest BCUT2D eigenvalue weighted by Crippen LogP contribution is -2.37. The Bertz CT molecular complexity index is 458. The fraction of sp³-hybridized carbons (Fsp3) is 0.500. The third-order valence-electron chi connectivity index (χ3n) is 3.58. The maximum absolute atomic E-state index is 11.6. The van der Waals surface area contributed by atoms with Gasteiger partial charge in [-0.2, -0.15) is 0 Å². The van der Waals surface area contributed by atoms with E-state index in [0.717, 1.165) is 29.8 Å². The number of benzene rings is 1. The third-order valence-corrected chi connectivity index (χ3v) is 4.24. The Hall–Kier alpha value is -1.07. The van der Waals surface area contributed by atoms with Crippen molar-refractivity contribution in [3.05, 3.63) is 28.2 Å². The zero-order valence-electron chi connectivity index (χ0n) is 11.2. The predicted octanol–water partition coefficient (Wildman–Crippen LogP) is 1.98. The second-order valence-corrected chi connectivity index (χ2v) is 5.95. The van der Waals surface area contributed by atoms with Gasteiger partial charge in [-0.1, -0.05) is 6.07 Å². The Morgan fingerprint density at radius 1 is 1.58 bits per heavy atom. The van der Waals surface area contributed by atoms with Crippen molar-refractivity contribution in [2.45, 2.75) is 12.8 Å². The maximum atomic E-state index is 11.6. The van der Waals surface area contributed by atoms with E-state index < -0.39 is 5.91 Å². The van der Waals surface area contributed by atoms with Crippen LogP contribution in [0.1, 0.15) is 23.2 Å². The van der Waals surface area contributed by atoms with Crippen molar-refractivity contribution < 1.29 is 4.79 Å². The van der Waals surface area contributed by atoms with Gasteiger partial charge < -0.3 is 16.0 Å². The first kappa shape index (κ1) is 14.3. The van der Waals surface area contributed by atoms with Crippen LogP contribution in [0.25, 0.3) is 0 Å². The van der Waals surface area contributed by atoms with E-state index in [4.69, 9.17) is 5.73 Å². The number of amides is 1. The molecule has 5 heteroatoms. The van der Waals surface area contributed by atoms with Crippen molar-refractivity contribution in [3.8, 4) is 0 Å². The van der Waals surface area contributed by atoms with Gasteiger partial charge in [0.05, 0.1) is 11.3 Å². The number of nitrogens with zero attached hydrogens (tertiary/aromatic N) is 1. The first-order valence-electron chi connectivity index (χ1n) is 6.59. The number of anilines is 1. The van der Waals surface area contributed by atoms with Crippen LogP contribution in [0, 0.1) is 5.92 Å². The Morgan fingerprint density at radius 2 is 2.37 bits per heavy atom. The predicted molar refractivity (Wildman–Crippen MR) is 81.5 cm³/mol. The van der Waals surface area contributed by atoms with Gasteiger partial charge in [-0.05, 0) is 59.9 Å². The van der Waals surface area contributed by atoms with E-state index in [1.807, 2.05) is 25.2 Å². The number of carbonyl (C=O) groups is 1. The molecule has 1 saturated heterocycles. The lowest BCUT2D eigenvalue weighted by atomic mass is 9.98. The smallest absolute Gasteiger partial charge is 0.251 e. The van der Waals surface area contributed by atoms with Crippen LogP contribution >= 0.6 is 15.9 Å². The normalized spacial score (nSPS) is 19.2. The highest BCUT2D eigenvalue weighted by Crippen LogP contribution is 2.27. The molecule has 2 rings (SSSR count). The summed E-state index contributed by atoms with van der Waals surface area (Å²) in [5.41, 5.74) is 6.94. The molecular weight excluding hydrogens is 306 g/mol. The molecule has 0 spiro atoms. The summed E-state index contributed by atoms with van der Waals surface area (Å²) in [6.45, 7) is 3.09. The van der Waals surface area contributed by atoms with E-state index in [0.29, 0.717) is 11.5 Å². The van der Waals surface area contributed by atoms with Gasteiger partial charge >= 0.3 is 0 Å². The highest BCUT2D eigenvalue weighted by molar-refractivity contribution is 9.10. The molecule has 1 unspecified atom stereocenters. The van der Waals surface area contributed by atoms with Crippen LogP contribution < -0.4 is 16.0 Å². The number of carbonyl (C=O) groups excluding carboxylic acids is 1. The molecule has 0 radical (unpaired) electrons. The lowest BCUT2D eigenvalue weighted by molar-refractivity contribution is 0.1000. The first-order chi connectivity index (χ1) is 9.09. The lowest BCUT2D eigenvalue weighted by Gasteiger charge is -2.30. The minimum absolute atomic E-state index is 0.393. The molecule has 0 aromatic heterocycles. The fourth-order valence-electron chi connectivity index (χ4n) is 2.64. The molecule has 104 valence electrons. The number of nitrogens with one attached hydrogen (secondary N) is 1. The van der Waals surface area contributed by atoms with Crippen LogP contribution in [-0.2, 0) is 0 Å². The van der Waals surface area contributed by atoms with Gasteiger partial charge in [0.15, 0.2) is 0 Å². The zero-order valence-corrected chi connectivity index (χ0v) is 12.7. The summed E-state index contributed by atoms with van der Waals surface area (Å²) in [6, 6.07) is 5.72. The van der Waals surface area contributed by atoms with E-state index >= 15 is 0 Å². The van der Waals surface area contributed by atoms with Crippen molar-refractivity contribution in [2.24, 2.45) is 11.7 Å². The highest BCUT2D eigenvalue weighted by Gasteiger charge is 2.19. The molecule has 1 atom stereocenters. The van der Waals surface area contributed by atoms with E-state index in [1.165, 1.54) is 12.8 Å². The maximum Gasteiger partial charge on any atom is 0.251 e. The van der Waals surface area contributed by atoms with Crippen molar-refractivity contribution in [1.82, 2.24) is 5.32 Å². The van der Waals surface area contributed by atoms with Crippen LogP contribution in [0.4, 0.5) is 5.69 Å². The van der Waals surface area contributed by atoms with Crippen LogP contribution in [0.15, 0.2) is 22.7 Å². The summed E-state index contributed by atoms with van der Waals surface area (Å²) in [6.07, 6.45) is 2.46.